The van der Waals surface area contributed by atoms with Crippen LogP contribution in [0.25, 0.3) is 28.1 Å². The average Bonchev–Trinajstić information content (AvgIpc) is 3.39. The van der Waals surface area contributed by atoms with Gasteiger partial charge in [0.1, 0.15) is 11.3 Å². The van der Waals surface area contributed by atoms with Crippen LogP contribution in [-0.2, 0) is 5.75 Å². The Labute approximate surface area is 180 Å². The first-order valence-electron chi connectivity index (χ1n) is 9.47. The summed E-state index contributed by atoms with van der Waals surface area (Å²) in [6.07, 6.45) is 0. The van der Waals surface area contributed by atoms with Crippen LogP contribution in [0.5, 0.6) is 0 Å². The molecule has 0 saturated carbocycles. The number of aromatic nitrogens is 5. The first kappa shape index (κ1) is 19.3. The minimum Gasteiger partial charge on any atom is -0.353 e. The predicted octanol–water partition coefficient (Wildman–Crippen LogP) is 4.50. The van der Waals surface area contributed by atoms with Gasteiger partial charge in [-0.25, -0.2) is 9.37 Å². The third kappa shape index (κ3) is 3.75. The van der Waals surface area contributed by atoms with Gasteiger partial charge in [0.15, 0.2) is 5.16 Å². The van der Waals surface area contributed by atoms with E-state index in [-0.39, 0.29) is 11.4 Å². The fraction of sp³-hybridized carbons (Fsp3) is 0.0909. The van der Waals surface area contributed by atoms with E-state index < -0.39 is 0 Å². The number of benzene rings is 2. The fourth-order valence-electron chi connectivity index (χ4n) is 3.26. The second-order valence-electron chi connectivity index (χ2n) is 6.89. The zero-order valence-electron chi connectivity index (χ0n) is 16.4. The van der Waals surface area contributed by atoms with E-state index in [1.807, 2.05) is 43.3 Å². The van der Waals surface area contributed by atoms with Gasteiger partial charge >= 0.3 is 0 Å². The minimum absolute atomic E-state index is 0.183. The summed E-state index contributed by atoms with van der Waals surface area (Å²) in [5, 5.41) is 4.44. The van der Waals surface area contributed by atoms with Gasteiger partial charge in [0.05, 0.1) is 17.0 Å². The summed E-state index contributed by atoms with van der Waals surface area (Å²) in [7, 11) is 0. The van der Waals surface area contributed by atoms with Crippen LogP contribution in [0.15, 0.2) is 75.1 Å². The quantitative estimate of drug-likeness (QED) is 0.324. The summed E-state index contributed by atoms with van der Waals surface area (Å²) in [5.74, 6) is 0.587. The molecule has 0 aliphatic rings. The molecule has 0 atom stereocenters. The largest absolute Gasteiger partial charge is 0.353 e. The number of nitrogens with zero attached hydrogens (tertiary/aromatic N) is 4. The molecule has 9 heteroatoms. The Morgan fingerprint density at radius 2 is 1.94 bits per heavy atom. The van der Waals surface area contributed by atoms with Crippen LogP contribution in [0, 0.1) is 12.7 Å². The summed E-state index contributed by atoms with van der Waals surface area (Å²) < 4.78 is 20.4. The van der Waals surface area contributed by atoms with Gasteiger partial charge in [-0.3, -0.25) is 9.36 Å². The van der Waals surface area contributed by atoms with E-state index in [4.69, 9.17) is 4.52 Å². The van der Waals surface area contributed by atoms with Crippen molar-refractivity contribution in [2.75, 3.05) is 0 Å². The van der Waals surface area contributed by atoms with Crippen molar-refractivity contribution < 1.29 is 8.91 Å². The fourth-order valence-corrected chi connectivity index (χ4v) is 4.11. The zero-order valence-corrected chi connectivity index (χ0v) is 17.2. The van der Waals surface area contributed by atoms with E-state index >= 15 is 0 Å². The molecule has 5 aromatic rings. The SMILES string of the molecule is Cc1cc2nc(SCc3nc(-c4cccc(F)c4)no3)n(-c3ccccc3)c(=O)c2[nH]1. The molecule has 0 amide bonds. The number of aromatic amines is 1. The third-order valence-corrected chi connectivity index (χ3v) is 5.57. The lowest BCUT2D eigenvalue weighted by atomic mass is 10.2. The highest BCUT2D eigenvalue weighted by atomic mass is 32.2. The topological polar surface area (TPSA) is 89.6 Å². The van der Waals surface area contributed by atoms with E-state index in [1.165, 1.54) is 23.9 Å². The van der Waals surface area contributed by atoms with Gasteiger partial charge in [-0.15, -0.1) is 0 Å². The van der Waals surface area contributed by atoms with Gasteiger partial charge in [-0.2, -0.15) is 4.98 Å². The number of thioether (sulfide) groups is 1. The number of hydrogen-bond acceptors (Lipinski definition) is 6. The van der Waals surface area contributed by atoms with Crippen LogP contribution in [-0.4, -0.2) is 24.7 Å². The Hall–Kier alpha value is -3.72. The molecule has 0 aliphatic carbocycles. The smallest absolute Gasteiger partial charge is 0.283 e. The molecule has 0 bridgehead atoms. The van der Waals surface area contributed by atoms with Crippen LogP contribution in [0.4, 0.5) is 4.39 Å². The molecule has 5 rings (SSSR count). The summed E-state index contributed by atoms with van der Waals surface area (Å²) in [6, 6.07) is 17.2. The summed E-state index contributed by atoms with van der Waals surface area (Å²) in [5.41, 5.74) is 2.97. The molecule has 1 N–H and O–H groups in total. The van der Waals surface area contributed by atoms with Crippen LogP contribution in [0.3, 0.4) is 0 Å². The predicted molar refractivity (Wildman–Crippen MR) is 116 cm³/mol. The molecule has 154 valence electrons. The molecule has 2 aromatic carbocycles. The van der Waals surface area contributed by atoms with Crippen molar-refractivity contribution in [3.63, 3.8) is 0 Å². The lowest BCUT2D eigenvalue weighted by molar-refractivity contribution is 0.391. The van der Waals surface area contributed by atoms with Crippen molar-refractivity contribution in [1.29, 1.82) is 0 Å². The number of fused-ring (bicyclic) bond motifs is 1. The number of para-hydroxylation sites is 1. The van der Waals surface area contributed by atoms with E-state index in [0.717, 1.165) is 5.69 Å². The Morgan fingerprint density at radius 3 is 2.74 bits per heavy atom. The molecule has 0 fully saturated rings. The monoisotopic (exact) mass is 433 g/mol. The Balaban J connectivity index is 1.50. The number of halogens is 1. The summed E-state index contributed by atoms with van der Waals surface area (Å²) in [4.78, 5) is 25.3. The van der Waals surface area contributed by atoms with Gasteiger partial charge in [0.25, 0.3) is 5.56 Å². The molecule has 0 spiro atoms. The number of nitrogens with one attached hydrogen (secondary N) is 1. The number of H-pyrrole nitrogens is 1. The lowest BCUT2D eigenvalue weighted by Gasteiger charge is -2.11. The van der Waals surface area contributed by atoms with Crippen molar-refractivity contribution in [3.05, 3.63) is 88.4 Å². The number of hydrogen-bond donors (Lipinski definition) is 1. The maximum atomic E-state index is 13.5. The molecule has 0 unspecified atom stereocenters. The van der Waals surface area contributed by atoms with E-state index in [9.17, 15) is 9.18 Å². The highest BCUT2D eigenvalue weighted by molar-refractivity contribution is 7.98. The molecule has 0 radical (unpaired) electrons. The maximum absolute atomic E-state index is 13.5. The molecule has 0 aliphatic heterocycles. The second kappa shape index (κ2) is 7.84. The number of aryl methyl sites for hydroxylation is 1. The first-order valence-corrected chi connectivity index (χ1v) is 10.5. The van der Waals surface area contributed by atoms with Crippen LogP contribution in [0.1, 0.15) is 11.6 Å². The van der Waals surface area contributed by atoms with Crippen molar-refractivity contribution in [1.82, 2.24) is 24.7 Å². The van der Waals surface area contributed by atoms with Crippen molar-refractivity contribution in [2.45, 2.75) is 17.8 Å². The Bertz CT molecular complexity index is 1440. The van der Waals surface area contributed by atoms with Crippen molar-refractivity contribution >= 4 is 22.8 Å². The van der Waals surface area contributed by atoms with Crippen molar-refractivity contribution in [3.8, 4) is 17.1 Å². The van der Waals surface area contributed by atoms with Gasteiger partial charge in [0, 0.05) is 11.3 Å². The molecule has 3 heterocycles. The van der Waals surface area contributed by atoms with Crippen LogP contribution >= 0.6 is 11.8 Å². The molecule has 3 aromatic heterocycles. The lowest BCUT2D eigenvalue weighted by Crippen LogP contribution is -2.21. The third-order valence-electron chi connectivity index (χ3n) is 4.65. The standard InChI is InChI=1S/C22H16FN5O2S/c1-13-10-17-19(24-13)21(29)28(16-8-3-2-4-9-16)22(25-17)31-12-18-26-20(27-30-18)14-6-5-7-15(23)11-14/h2-11,24H,12H2,1H3. The Morgan fingerprint density at radius 1 is 1.10 bits per heavy atom. The highest BCUT2D eigenvalue weighted by Gasteiger charge is 2.17. The highest BCUT2D eigenvalue weighted by Crippen LogP contribution is 2.25. The van der Waals surface area contributed by atoms with Crippen LogP contribution < -0.4 is 5.56 Å². The van der Waals surface area contributed by atoms with Gasteiger partial charge in [-0.05, 0) is 37.3 Å². The van der Waals surface area contributed by atoms with E-state index in [2.05, 4.69) is 20.1 Å². The first-order chi connectivity index (χ1) is 15.1. The summed E-state index contributed by atoms with van der Waals surface area (Å²) in [6.45, 7) is 1.88. The van der Waals surface area contributed by atoms with Gasteiger partial charge in [0.2, 0.25) is 11.7 Å². The molecular weight excluding hydrogens is 417 g/mol. The summed E-state index contributed by atoms with van der Waals surface area (Å²) >= 11 is 1.31. The normalized spacial score (nSPS) is 11.3. The molecule has 7 nitrogen and oxygen atoms in total. The van der Waals surface area contributed by atoms with E-state index in [0.29, 0.717) is 44.9 Å². The van der Waals surface area contributed by atoms with E-state index in [1.54, 1.807) is 16.7 Å². The van der Waals surface area contributed by atoms with Gasteiger partial charge < -0.3 is 9.51 Å². The zero-order chi connectivity index (χ0) is 21.4. The second-order valence-corrected chi connectivity index (χ2v) is 7.84. The number of rotatable bonds is 5. The molecular formula is C22H16FN5O2S. The van der Waals surface area contributed by atoms with Crippen LogP contribution in [0.2, 0.25) is 0 Å². The van der Waals surface area contributed by atoms with Crippen molar-refractivity contribution in [2.24, 2.45) is 0 Å². The maximum Gasteiger partial charge on any atom is 0.283 e. The molecule has 0 saturated heterocycles. The Kier molecular flexibility index (Phi) is 4.87. The average molecular weight is 433 g/mol. The molecule has 31 heavy (non-hydrogen) atoms. The van der Waals surface area contributed by atoms with Gasteiger partial charge in [-0.1, -0.05) is 47.3 Å². The minimum atomic E-state index is -0.371.